The maximum absolute atomic E-state index is 14.6. The van der Waals surface area contributed by atoms with Gasteiger partial charge in [-0.3, -0.25) is 10.1 Å². The van der Waals surface area contributed by atoms with Crippen LogP contribution in [0.1, 0.15) is 30.9 Å². The summed E-state index contributed by atoms with van der Waals surface area (Å²) in [5.74, 6) is -2.22. The fourth-order valence-corrected chi connectivity index (χ4v) is 3.92. The third-order valence-electron chi connectivity index (χ3n) is 5.15. The van der Waals surface area contributed by atoms with E-state index in [1.54, 1.807) is 18.9 Å². The number of aliphatic hydroxyl groups is 1. The van der Waals surface area contributed by atoms with Gasteiger partial charge in [0, 0.05) is 18.5 Å². The van der Waals surface area contributed by atoms with Crippen LogP contribution in [-0.4, -0.2) is 53.5 Å². The van der Waals surface area contributed by atoms with Gasteiger partial charge in [0.15, 0.2) is 0 Å². The van der Waals surface area contributed by atoms with Crippen LogP contribution in [0.4, 0.5) is 17.6 Å². The standard InChI is InChI=1S/C17H22F4N4O2/c1-8(10-4-3-5-11(12(10)18)17(19,20)21)13-14-15(25(24-13)6-7-26)16(27)23-9(2)22-14/h3-5,8-9,13-15,22,24,26H,6-7H2,1-2H3,(H,23,27). The number of carbonyl (C=O) groups excluding carboxylic acids is 1. The molecule has 4 N–H and O–H groups in total. The second-order valence-electron chi connectivity index (χ2n) is 6.93. The van der Waals surface area contributed by atoms with Crippen LogP contribution < -0.4 is 16.1 Å². The van der Waals surface area contributed by atoms with Gasteiger partial charge in [-0.2, -0.15) is 13.2 Å². The van der Waals surface area contributed by atoms with Gasteiger partial charge >= 0.3 is 6.18 Å². The van der Waals surface area contributed by atoms with Crippen molar-refractivity contribution in [2.75, 3.05) is 13.2 Å². The quantitative estimate of drug-likeness (QED) is 0.576. The molecule has 1 amide bonds. The zero-order chi connectivity index (χ0) is 19.9. The van der Waals surface area contributed by atoms with E-state index >= 15 is 0 Å². The molecule has 1 aromatic carbocycles. The molecule has 0 bridgehead atoms. The second kappa shape index (κ2) is 7.34. The normalized spacial score (nSPS) is 30.1. The minimum Gasteiger partial charge on any atom is -0.395 e. The molecule has 1 aromatic rings. The smallest absolute Gasteiger partial charge is 0.395 e. The predicted molar refractivity (Wildman–Crippen MR) is 88.8 cm³/mol. The number of halogens is 4. The van der Waals surface area contributed by atoms with E-state index in [4.69, 9.17) is 0 Å². The van der Waals surface area contributed by atoms with Gasteiger partial charge in [-0.05, 0) is 18.6 Å². The molecule has 2 heterocycles. The molecule has 5 unspecified atom stereocenters. The van der Waals surface area contributed by atoms with Gasteiger partial charge in [0.2, 0.25) is 5.91 Å². The van der Waals surface area contributed by atoms with E-state index in [9.17, 15) is 27.5 Å². The maximum Gasteiger partial charge on any atom is 0.419 e. The summed E-state index contributed by atoms with van der Waals surface area (Å²) in [6.07, 6.45) is -5.12. The van der Waals surface area contributed by atoms with Crippen molar-refractivity contribution in [2.24, 2.45) is 0 Å². The van der Waals surface area contributed by atoms with Gasteiger partial charge in [0.1, 0.15) is 11.9 Å². The van der Waals surface area contributed by atoms with Gasteiger partial charge in [-0.25, -0.2) is 14.8 Å². The lowest BCUT2D eigenvalue weighted by Crippen LogP contribution is -2.66. The lowest BCUT2D eigenvalue weighted by Gasteiger charge is -2.36. The van der Waals surface area contributed by atoms with Crippen LogP contribution >= 0.6 is 0 Å². The molecule has 2 fully saturated rings. The molecule has 6 nitrogen and oxygen atoms in total. The Morgan fingerprint density at radius 3 is 2.67 bits per heavy atom. The van der Waals surface area contributed by atoms with Gasteiger partial charge in [0.05, 0.1) is 24.4 Å². The van der Waals surface area contributed by atoms with Crippen molar-refractivity contribution in [1.82, 2.24) is 21.1 Å². The molecular weight excluding hydrogens is 368 g/mol. The molecule has 3 rings (SSSR count). The van der Waals surface area contributed by atoms with Gasteiger partial charge in [-0.15, -0.1) is 0 Å². The zero-order valence-corrected chi connectivity index (χ0v) is 14.8. The molecule has 0 saturated carbocycles. The van der Waals surface area contributed by atoms with E-state index < -0.39 is 41.6 Å². The largest absolute Gasteiger partial charge is 0.419 e. The van der Waals surface area contributed by atoms with Crippen molar-refractivity contribution in [3.05, 3.63) is 35.1 Å². The summed E-state index contributed by atoms with van der Waals surface area (Å²) in [5, 5.41) is 16.7. The van der Waals surface area contributed by atoms with Crippen LogP contribution in [0.2, 0.25) is 0 Å². The number of nitrogens with one attached hydrogen (secondary N) is 3. The molecule has 2 aliphatic rings. The zero-order valence-electron chi connectivity index (χ0n) is 14.8. The van der Waals surface area contributed by atoms with Crippen LogP contribution in [0.15, 0.2) is 18.2 Å². The third kappa shape index (κ3) is 3.66. The first-order chi connectivity index (χ1) is 12.6. The third-order valence-corrected chi connectivity index (χ3v) is 5.15. The van der Waals surface area contributed by atoms with E-state index in [0.717, 1.165) is 0 Å². The number of β-amino-alcohol motifs (C(OH)–C–C–N with tert-alkyl or cyclic N) is 1. The summed E-state index contributed by atoms with van der Waals surface area (Å²) < 4.78 is 53.7. The highest BCUT2D eigenvalue weighted by atomic mass is 19.4. The minimum absolute atomic E-state index is 0.0765. The Kier molecular flexibility index (Phi) is 5.44. The Balaban J connectivity index is 1.94. The summed E-state index contributed by atoms with van der Waals surface area (Å²) >= 11 is 0. The number of nitrogens with zero attached hydrogens (tertiary/aromatic N) is 1. The minimum atomic E-state index is -4.79. The number of amides is 1. The van der Waals surface area contributed by atoms with Crippen molar-refractivity contribution in [3.63, 3.8) is 0 Å². The van der Waals surface area contributed by atoms with Gasteiger partial charge in [-0.1, -0.05) is 19.1 Å². The van der Waals surface area contributed by atoms with Gasteiger partial charge < -0.3 is 10.4 Å². The topological polar surface area (TPSA) is 76.6 Å². The lowest BCUT2D eigenvalue weighted by molar-refractivity contribution is -0.140. The molecule has 0 aliphatic carbocycles. The monoisotopic (exact) mass is 390 g/mol. The Morgan fingerprint density at radius 1 is 1.33 bits per heavy atom. The van der Waals surface area contributed by atoms with Crippen molar-refractivity contribution in [3.8, 4) is 0 Å². The molecule has 2 aliphatic heterocycles. The number of benzene rings is 1. The fraction of sp³-hybridized carbons (Fsp3) is 0.588. The van der Waals surface area contributed by atoms with Crippen molar-refractivity contribution >= 4 is 5.91 Å². The number of rotatable bonds is 4. The number of alkyl halides is 3. The molecule has 27 heavy (non-hydrogen) atoms. The van der Waals surface area contributed by atoms with Crippen LogP contribution in [0.3, 0.4) is 0 Å². The van der Waals surface area contributed by atoms with E-state index in [-0.39, 0.29) is 30.8 Å². The second-order valence-corrected chi connectivity index (χ2v) is 6.93. The SMILES string of the molecule is CC1NC(=O)C2C(N1)C(C(C)c1cccc(C(F)(F)F)c1F)NN2CCO. The molecule has 0 aromatic heterocycles. The Morgan fingerprint density at radius 2 is 2.04 bits per heavy atom. The highest BCUT2D eigenvalue weighted by Gasteiger charge is 2.50. The molecule has 0 spiro atoms. The van der Waals surface area contributed by atoms with Crippen LogP contribution in [-0.2, 0) is 11.0 Å². The molecule has 150 valence electrons. The Hall–Kier alpha value is -1.75. The molecular formula is C17H22F4N4O2. The average Bonchev–Trinajstić information content (AvgIpc) is 2.92. The lowest BCUT2D eigenvalue weighted by atomic mass is 9.85. The van der Waals surface area contributed by atoms with E-state index in [1.165, 1.54) is 12.1 Å². The van der Waals surface area contributed by atoms with E-state index in [0.29, 0.717) is 6.07 Å². The number of fused-ring (bicyclic) bond motifs is 1. The van der Waals surface area contributed by atoms with Gasteiger partial charge in [0.25, 0.3) is 0 Å². The van der Waals surface area contributed by atoms with Crippen molar-refractivity contribution in [2.45, 2.75) is 50.2 Å². The van der Waals surface area contributed by atoms with Crippen LogP contribution in [0.25, 0.3) is 0 Å². The summed E-state index contributed by atoms with van der Waals surface area (Å²) in [5.41, 5.74) is 1.69. The molecule has 10 heteroatoms. The average molecular weight is 390 g/mol. The van der Waals surface area contributed by atoms with Crippen LogP contribution in [0.5, 0.6) is 0 Å². The maximum atomic E-state index is 14.6. The van der Waals surface area contributed by atoms with E-state index in [1.807, 2.05) is 0 Å². The summed E-state index contributed by atoms with van der Waals surface area (Å²) in [6.45, 7) is 3.31. The highest BCUT2D eigenvalue weighted by molar-refractivity contribution is 5.84. The van der Waals surface area contributed by atoms with E-state index in [2.05, 4.69) is 16.1 Å². The molecule has 2 saturated heterocycles. The summed E-state index contributed by atoms with van der Waals surface area (Å²) in [6, 6.07) is 1.57. The Labute approximate surface area is 153 Å². The summed E-state index contributed by atoms with van der Waals surface area (Å²) in [7, 11) is 0. The first-order valence-corrected chi connectivity index (χ1v) is 8.71. The number of hydrazine groups is 1. The molecule has 5 atom stereocenters. The van der Waals surface area contributed by atoms with Crippen molar-refractivity contribution in [1.29, 1.82) is 0 Å². The predicted octanol–water partition coefficient (Wildman–Crippen LogP) is 0.932. The number of carbonyl (C=O) groups is 1. The Bertz CT molecular complexity index is 715. The van der Waals surface area contributed by atoms with Crippen LogP contribution in [0, 0.1) is 5.82 Å². The van der Waals surface area contributed by atoms with Crippen molar-refractivity contribution < 1.29 is 27.5 Å². The highest BCUT2D eigenvalue weighted by Crippen LogP contribution is 2.37. The number of aliphatic hydroxyl groups excluding tert-OH is 1. The fourth-order valence-electron chi connectivity index (χ4n) is 3.92. The first-order valence-electron chi connectivity index (χ1n) is 8.71. The number of hydrogen-bond acceptors (Lipinski definition) is 5. The molecule has 0 radical (unpaired) electrons. The number of hydrogen-bond donors (Lipinski definition) is 4. The summed E-state index contributed by atoms with van der Waals surface area (Å²) in [4.78, 5) is 12.4. The first kappa shape index (κ1) is 20.0.